The minimum absolute atomic E-state index is 0.446. The second-order valence-corrected chi connectivity index (χ2v) is 6.54. The van der Waals surface area contributed by atoms with Crippen molar-refractivity contribution >= 4 is 0 Å². The lowest BCUT2D eigenvalue weighted by atomic mass is 9.98. The molecule has 0 aliphatic carbocycles. The normalized spacial score (nSPS) is 24.0. The van der Waals surface area contributed by atoms with E-state index in [0.717, 1.165) is 38.6 Å². The number of rotatable bonds is 4. The molecule has 1 aromatic rings. The van der Waals surface area contributed by atoms with Gasteiger partial charge in [-0.1, -0.05) is 13.0 Å². The van der Waals surface area contributed by atoms with Crippen molar-refractivity contribution < 1.29 is 0 Å². The van der Waals surface area contributed by atoms with E-state index in [2.05, 4.69) is 39.2 Å². The summed E-state index contributed by atoms with van der Waals surface area (Å²) in [6, 6.07) is 6.78. The molecule has 1 aromatic heterocycles. The van der Waals surface area contributed by atoms with Gasteiger partial charge >= 0.3 is 0 Å². The number of aromatic nitrogens is 1. The van der Waals surface area contributed by atoms with Crippen LogP contribution in [0, 0.1) is 5.92 Å². The van der Waals surface area contributed by atoms with Crippen LogP contribution in [-0.2, 0) is 0 Å². The summed E-state index contributed by atoms with van der Waals surface area (Å²) in [7, 11) is 0. The molecule has 21 heavy (non-hydrogen) atoms. The molecule has 0 saturated carbocycles. The first-order chi connectivity index (χ1) is 10.3. The zero-order valence-electron chi connectivity index (χ0n) is 13.2. The van der Waals surface area contributed by atoms with E-state index < -0.39 is 0 Å². The highest BCUT2D eigenvalue weighted by Crippen LogP contribution is 2.24. The van der Waals surface area contributed by atoms with E-state index in [1.165, 1.54) is 31.6 Å². The molecule has 0 spiro atoms. The fourth-order valence-corrected chi connectivity index (χ4v) is 3.45. The molecule has 1 atom stereocenters. The van der Waals surface area contributed by atoms with Gasteiger partial charge in [-0.25, -0.2) is 0 Å². The molecule has 1 N–H and O–H groups in total. The van der Waals surface area contributed by atoms with Crippen molar-refractivity contribution in [2.24, 2.45) is 5.92 Å². The molecule has 2 saturated heterocycles. The average molecular weight is 288 g/mol. The predicted octanol–water partition coefficient (Wildman–Crippen LogP) is 1.76. The van der Waals surface area contributed by atoms with Gasteiger partial charge in [0.05, 0.1) is 11.7 Å². The first-order valence-corrected chi connectivity index (χ1v) is 8.41. The van der Waals surface area contributed by atoms with Crippen LogP contribution in [-0.4, -0.2) is 60.6 Å². The smallest absolute Gasteiger partial charge is 0.0650 e. The van der Waals surface area contributed by atoms with Gasteiger partial charge in [0.25, 0.3) is 0 Å². The van der Waals surface area contributed by atoms with Crippen LogP contribution in [0.1, 0.15) is 31.5 Å². The summed E-state index contributed by atoms with van der Waals surface area (Å²) >= 11 is 0. The average Bonchev–Trinajstić information content (AvgIpc) is 2.56. The number of hydrogen-bond donors (Lipinski definition) is 1. The number of likely N-dealkylation sites (tertiary alicyclic amines) is 1. The van der Waals surface area contributed by atoms with Gasteiger partial charge in [0, 0.05) is 38.9 Å². The van der Waals surface area contributed by atoms with Crippen LogP contribution in [0.5, 0.6) is 0 Å². The summed E-state index contributed by atoms with van der Waals surface area (Å²) in [5.74, 6) is 0.897. The Morgan fingerprint density at radius 2 is 1.95 bits per heavy atom. The lowest BCUT2D eigenvalue weighted by molar-refractivity contribution is 0.102. The molecule has 0 bridgehead atoms. The quantitative estimate of drug-likeness (QED) is 0.915. The van der Waals surface area contributed by atoms with Gasteiger partial charge in [-0.2, -0.15) is 0 Å². The van der Waals surface area contributed by atoms with Crippen LogP contribution in [0.2, 0.25) is 0 Å². The van der Waals surface area contributed by atoms with Crippen molar-refractivity contribution in [3.8, 4) is 0 Å². The molecule has 3 rings (SSSR count). The fourth-order valence-electron chi connectivity index (χ4n) is 3.45. The van der Waals surface area contributed by atoms with Crippen molar-refractivity contribution in [1.82, 2.24) is 20.1 Å². The number of nitrogens with zero attached hydrogens (tertiary/aromatic N) is 3. The van der Waals surface area contributed by atoms with Gasteiger partial charge < -0.3 is 10.2 Å². The Morgan fingerprint density at radius 1 is 1.19 bits per heavy atom. The second-order valence-electron chi connectivity index (χ2n) is 6.54. The lowest BCUT2D eigenvalue weighted by Crippen LogP contribution is -2.49. The van der Waals surface area contributed by atoms with E-state index in [-0.39, 0.29) is 0 Å². The van der Waals surface area contributed by atoms with Crippen molar-refractivity contribution in [3.63, 3.8) is 0 Å². The van der Waals surface area contributed by atoms with Gasteiger partial charge in [-0.05, 0) is 44.0 Å². The number of pyridine rings is 1. The first kappa shape index (κ1) is 14.9. The van der Waals surface area contributed by atoms with E-state index >= 15 is 0 Å². The third kappa shape index (κ3) is 4.02. The molecule has 0 amide bonds. The SMILES string of the molecule is CC1CCN(CC(c2ccccn2)N2CCNCC2)CC1. The maximum Gasteiger partial charge on any atom is 0.0650 e. The van der Waals surface area contributed by atoms with E-state index in [4.69, 9.17) is 0 Å². The molecule has 116 valence electrons. The van der Waals surface area contributed by atoms with Crippen LogP contribution in [0.4, 0.5) is 0 Å². The van der Waals surface area contributed by atoms with Gasteiger partial charge in [-0.3, -0.25) is 9.88 Å². The summed E-state index contributed by atoms with van der Waals surface area (Å²) in [4.78, 5) is 9.89. The summed E-state index contributed by atoms with van der Waals surface area (Å²) in [5, 5.41) is 3.45. The fraction of sp³-hybridized carbons (Fsp3) is 0.706. The van der Waals surface area contributed by atoms with E-state index in [9.17, 15) is 0 Å². The minimum atomic E-state index is 0.446. The second kappa shape index (κ2) is 7.34. The first-order valence-electron chi connectivity index (χ1n) is 8.41. The molecule has 2 aliphatic rings. The van der Waals surface area contributed by atoms with Crippen LogP contribution in [0.15, 0.2) is 24.4 Å². The number of piperazine rings is 1. The largest absolute Gasteiger partial charge is 0.314 e. The maximum atomic E-state index is 4.65. The van der Waals surface area contributed by atoms with E-state index in [1.54, 1.807) is 0 Å². The Kier molecular flexibility index (Phi) is 5.22. The van der Waals surface area contributed by atoms with Gasteiger partial charge in [0.2, 0.25) is 0 Å². The summed E-state index contributed by atoms with van der Waals surface area (Å²) in [5.41, 5.74) is 1.23. The van der Waals surface area contributed by atoms with Gasteiger partial charge in [-0.15, -0.1) is 0 Å². The minimum Gasteiger partial charge on any atom is -0.314 e. The highest BCUT2D eigenvalue weighted by Gasteiger charge is 2.26. The predicted molar refractivity (Wildman–Crippen MR) is 86.3 cm³/mol. The molecule has 2 aliphatic heterocycles. The molecular formula is C17H28N4. The van der Waals surface area contributed by atoms with Crippen LogP contribution in [0.25, 0.3) is 0 Å². The Hall–Kier alpha value is -0.970. The summed E-state index contributed by atoms with van der Waals surface area (Å²) in [6.45, 7) is 10.5. The van der Waals surface area contributed by atoms with E-state index in [0.29, 0.717) is 6.04 Å². The Morgan fingerprint density at radius 3 is 2.62 bits per heavy atom. The molecular weight excluding hydrogens is 260 g/mol. The monoisotopic (exact) mass is 288 g/mol. The van der Waals surface area contributed by atoms with Crippen molar-refractivity contribution in [2.45, 2.75) is 25.8 Å². The van der Waals surface area contributed by atoms with Crippen LogP contribution < -0.4 is 5.32 Å². The van der Waals surface area contributed by atoms with Crippen molar-refractivity contribution in [1.29, 1.82) is 0 Å². The van der Waals surface area contributed by atoms with E-state index in [1.807, 2.05) is 12.3 Å². The Balaban J connectivity index is 1.69. The summed E-state index contributed by atoms with van der Waals surface area (Å²) < 4.78 is 0. The molecule has 4 heteroatoms. The molecule has 3 heterocycles. The molecule has 1 unspecified atom stereocenters. The van der Waals surface area contributed by atoms with Crippen molar-refractivity contribution in [3.05, 3.63) is 30.1 Å². The zero-order valence-corrected chi connectivity index (χ0v) is 13.2. The topological polar surface area (TPSA) is 31.4 Å². The highest BCUT2D eigenvalue weighted by molar-refractivity contribution is 5.10. The Bertz CT molecular complexity index is 408. The van der Waals surface area contributed by atoms with Gasteiger partial charge in [0.1, 0.15) is 0 Å². The highest BCUT2D eigenvalue weighted by atomic mass is 15.3. The number of piperidine rings is 1. The van der Waals surface area contributed by atoms with Crippen LogP contribution in [0.3, 0.4) is 0 Å². The van der Waals surface area contributed by atoms with Crippen LogP contribution >= 0.6 is 0 Å². The maximum absolute atomic E-state index is 4.65. The van der Waals surface area contributed by atoms with Crippen molar-refractivity contribution in [2.75, 3.05) is 45.8 Å². The third-order valence-corrected chi connectivity index (χ3v) is 4.93. The standard InChI is InChI=1S/C17H28N4/c1-15-5-10-20(11-6-15)14-17(16-4-2-3-7-19-16)21-12-8-18-9-13-21/h2-4,7,15,17-18H,5-6,8-14H2,1H3. The lowest BCUT2D eigenvalue weighted by Gasteiger charge is -2.39. The third-order valence-electron chi connectivity index (χ3n) is 4.93. The number of nitrogens with one attached hydrogen (secondary N) is 1. The Labute approximate surface area is 128 Å². The molecule has 2 fully saturated rings. The number of hydrogen-bond acceptors (Lipinski definition) is 4. The molecule has 0 aromatic carbocycles. The molecule has 4 nitrogen and oxygen atoms in total. The zero-order chi connectivity index (χ0) is 14.5. The van der Waals surface area contributed by atoms with Gasteiger partial charge in [0.15, 0.2) is 0 Å². The molecule has 0 radical (unpaired) electrons. The summed E-state index contributed by atoms with van der Waals surface area (Å²) in [6.07, 6.45) is 4.62.